The van der Waals surface area contributed by atoms with Crippen LogP contribution in [0.1, 0.15) is 37.8 Å². The average Bonchev–Trinajstić information content (AvgIpc) is 3.26. The number of hydrogen-bond donors (Lipinski definition) is 1. The molecule has 1 saturated carbocycles. The van der Waals surface area contributed by atoms with Gasteiger partial charge < -0.3 is 10.5 Å². The van der Waals surface area contributed by atoms with Crippen LogP contribution in [0.4, 0.5) is 0 Å². The van der Waals surface area contributed by atoms with E-state index >= 15 is 0 Å². The zero-order valence-electron chi connectivity index (χ0n) is 12.3. The quantitative estimate of drug-likeness (QED) is 0.821. The second-order valence-corrected chi connectivity index (χ2v) is 5.50. The first kappa shape index (κ1) is 14.4. The Kier molecular flexibility index (Phi) is 4.83. The maximum absolute atomic E-state index is 5.97. The van der Waals surface area contributed by atoms with Crippen molar-refractivity contribution in [2.75, 3.05) is 20.7 Å². The highest BCUT2D eigenvalue weighted by atomic mass is 16.5. The van der Waals surface area contributed by atoms with E-state index in [2.05, 4.69) is 31.0 Å². The van der Waals surface area contributed by atoms with Crippen molar-refractivity contribution in [1.29, 1.82) is 0 Å². The van der Waals surface area contributed by atoms with Crippen LogP contribution in [0.5, 0.6) is 5.75 Å². The van der Waals surface area contributed by atoms with Crippen molar-refractivity contribution in [2.24, 2.45) is 11.7 Å². The van der Waals surface area contributed by atoms with Gasteiger partial charge >= 0.3 is 0 Å². The SMILES string of the molecule is CCC(c1ccc(OC)cc1)N(C)C(CN)C1CC1. The first-order valence-corrected chi connectivity index (χ1v) is 7.27. The Balaban J connectivity index is 2.12. The fourth-order valence-corrected chi connectivity index (χ4v) is 2.99. The Morgan fingerprint density at radius 2 is 1.95 bits per heavy atom. The lowest BCUT2D eigenvalue weighted by Gasteiger charge is -2.34. The molecule has 1 fully saturated rings. The van der Waals surface area contributed by atoms with Gasteiger partial charge in [0.1, 0.15) is 5.75 Å². The molecule has 2 rings (SSSR count). The fraction of sp³-hybridized carbons (Fsp3) is 0.625. The lowest BCUT2D eigenvalue weighted by atomic mass is 10.00. The van der Waals surface area contributed by atoms with E-state index in [1.807, 2.05) is 12.1 Å². The molecule has 3 heteroatoms. The van der Waals surface area contributed by atoms with Gasteiger partial charge in [-0.25, -0.2) is 0 Å². The third kappa shape index (κ3) is 3.28. The number of nitrogens with zero attached hydrogens (tertiary/aromatic N) is 1. The molecule has 106 valence electrons. The third-order valence-electron chi connectivity index (χ3n) is 4.31. The lowest BCUT2D eigenvalue weighted by Crippen LogP contribution is -2.41. The second kappa shape index (κ2) is 6.40. The molecule has 0 radical (unpaired) electrons. The Morgan fingerprint density at radius 1 is 1.32 bits per heavy atom. The Labute approximate surface area is 116 Å². The van der Waals surface area contributed by atoms with Crippen LogP contribution in [0.2, 0.25) is 0 Å². The van der Waals surface area contributed by atoms with E-state index in [1.165, 1.54) is 18.4 Å². The van der Waals surface area contributed by atoms with Crippen molar-refractivity contribution in [3.63, 3.8) is 0 Å². The molecule has 0 aromatic heterocycles. The first-order valence-electron chi connectivity index (χ1n) is 7.27. The van der Waals surface area contributed by atoms with E-state index in [-0.39, 0.29) is 0 Å². The molecule has 0 spiro atoms. The van der Waals surface area contributed by atoms with Crippen LogP contribution in [0, 0.1) is 5.92 Å². The van der Waals surface area contributed by atoms with Crippen LogP contribution in [-0.4, -0.2) is 31.6 Å². The smallest absolute Gasteiger partial charge is 0.118 e. The van der Waals surface area contributed by atoms with Crippen LogP contribution in [0.15, 0.2) is 24.3 Å². The molecule has 1 aliphatic carbocycles. The van der Waals surface area contributed by atoms with Gasteiger partial charge in [-0.3, -0.25) is 4.90 Å². The highest BCUT2D eigenvalue weighted by molar-refractivity contribution is 5.29. The largest absolute Gasteiger partial charge is 0.497 e. The summed E-state index contributed by atoms with van der Waals surface area (Å²) in [6, 6.07) is 9.39. The van der Waals surface area contributed by atoms with Gasteiger partial charge in [0.25, 0.3) is 0 Å². The van der Waals surface area contributed by atoms with Gasteiger partial charge in [0.2, 0.25) is 0 Å². The minimum absolute atomic E-state index is 0.444. The van der Waals surface area contributed by atoms with E-state index in [1.54, 1.807) is 7.11 Å². The summed E-state index contributed by atoms with van der Waals surface area (Å²) in [7, 11) is 3.92. The molecule has 2 N–H and O–H groups in total. The number of nitrogens with two attached hydrogens (primary N) is 1. The summed E-state index contributed by atoms with van der Waals surface area (Å²) in [5.41, 5.74) is 7.32. The van der Waals surface area contributed by atoms with Crippen LogP contribution in [0.3, 0.4) is 0 Å². The molecule has 1 aromatic carbocycles. The predicted molar refractivity (Wildman–Crippen MR) is 79.4 cm³/mol. The zero-order chi connectivity index (χ0) is 13.8. The van der Waals surface area contributed by atoms with Crippen molar-refractivity contribution in [1.82, 2.24) is 4.90 Å². The van der Waals surface area contributed by atoms with Crippen molar-refractivity contribution in [3.8, 4) is 5.75 Å². The summed E-state index contributed by atoms with van der Waals surface area (Å²) < 4.78 is 5.23. The van der Waals surface area contributed by atoms with Gasteiger partial charge in [-0.15, -0.1) is 0 Å². The van der Waals surface area contributed by atoms with E-state index in [0.29, 0.717) is 12.1 Å². The molecule has 2 atom stereocenters. The molecule has 0 aliphatic heterocycles. The number of methoxy groups -OCH3 is 1. The van der Waals surface area contributed by atoms with Gasteiger partial charge in [0, 0.05) is 18.6 Å². The number of rotatable bonds is 7. The maximum atomic E-state index is 5.97. The summed E-state index contributed by atoms with van der Waals surface area (Å²) in [5, 5.41) is 0. The molecule has 0 heterocycles. The van der Waals surface area contributed by atoms with Gasteiger partial charge in [-0.2, -0.15) is 0 Å². The van der Waals surface area contributed by atoms with Crippen LogP contribution >= 0.6 is 0 Å². The molecule has 3 nitrogen and oxygen atoms in total. The summed E-state index contributed by atoms with van der Waals surface area (Å²) in [6.07, 6.45) is 3.78. The van der Waals surface area contributed by atoms with E-state index in [0.717, 1.165) is 24.6 Å². The van der Waals surface area contributed by atoms with Crippen molar-refractivity contribution in [3.05, 3.63) is 29.8 Å². The number of likely N-dealkylation sites (N-methyl/N-ethyl adjacent to an activating group) is 1. The maximum Gasteiger partial charge on any atom is 0.118 e. The van der Waals surface area contributed by atoms with E-state index in [9.17, 15) is 0 Å². The molecule has 1 aliphatic rings. The molecular formula is C16H26N2O. The minimum atomic E-state index is 0.444. The van der Waals surface area contributed by atoms with Crippen LogP contribution in [0.25, 0.3) is 0 Å². The van der Waals surface area contributed by atoms with Gasteiger partial charge in [-0.05, 0) is 49.9 Å². The molecule has 19 heavy (non-hydrogen) atoms. The number of benzene rings is 1. The van der Waals surface area contributed by atoms with Crippen LogP contribution < -0.4 is 10.5 Å². The molecule has 0 amide bonds. The van der Waals surface area contributed by atoms with Crippen LogP contribution in [-0.2, 0) is 0 Å². The molecule has 0 bridgehead atoms. The number of hydrogen-bond acceptors (Lipinski definition) is 3. The third-order valence-corrected chi connectivity index (χ3v) is 4.31. The second-order valence-electron chi connectivity index (χ2n) is 5.50. The summed E-state index contributed by atoms with van der Waals surface area (Å²) in [6.45, 7) is 3.00. The molecule has 2 unspecified atom stereocenters. The molecule has 0 saturated heterocycles. The Bertz CT molecular complexity index is 386. The molecule has 1 aromatic rings. The van der Waals surface area contributed by atoms with E-state index < -0.39 is 0 Å². The van der Waals surface area contributed by atoms with Crippen molar-refractivity contribution < 1.29 is 4.74 Å². The highest BCUT2D eigenvalue weighted by Crippen LogP contribution is 2.38. The molecular weight excluding hydrogens is 236 g/mol. The zero-order valence-corrected chi connectivity index (χ0v) is 12.3. The fourth-order valence-electron chi connectivity index (χ4n) is 2.99. The number of ether oxygens (including phenoxy) is 1. The summed E-state index contributed by atoms with van der Waals surface area (Å²) in [4.78, 5) is 2.47. The van der Waals surface area contributed by atoms with Gasteiger partial charge in [0.15, 0.2) is 0 Å². The summed E-state index contributed by atoms with van der Waals surface area (Å²) >= 11 is 0. The van der Waals surface area contributed by atoms with Crippen molar-refractivity contribution >= 4 is 0 Å². The van der Waals surface area contributed by atoms with Crippen molar-refractivity contribution in [2.45, 2.75) is 38.3 Å². The normalized spacial score (nSPS) is 18.4. The monoisotopic (exact) mass is 262 g/mol. The van der Waals surface area contributed by atoms with E-state index in [4.69, 9.17) is 10.5 Å². The topological polar surface area (TPSA) is 38.5 Å². The lowest BCUT2D eigenvalue weighted by molar-refractivity contribution is 0.155. The highest BCUT2D eigenvalue weighted by Gasteiger charge is 2.35. The standard InChI is InChI=1S/C16H26N2O/c1-4-15(12-7-9-14(19-3)10-8-12)18(2)16(11-17)13-5-6-13/h7-10,13,15-16H,4-6,11,17H2,1-3H3. The van der Waals surface area contributed by atoms with Gasteiger partial charge in [-0.1, -0.05) is 19.1 Å². The Morgan fingerprint density at radius 3 is 2.37 bits per heavy atom. The summed E-state index contributed by atoms with van der Waals surface area (Å²) in [5.74, 6) is 1.72. The predicted octanol–water partition coefficient (Wildman–Crippen LogP) is 2.82. The minimum Gasteiger partial charge on any atom is -0.497 e. The first-order chi connectivity index (χ1) is 9.21. The van der Waals surface area contributed by atoms with Gasteiger partial charge in [0.05, 0.1) is 7.11 Å². The Hall–Kier alpha value is -1.06. The average molecular weight is 262 g/mol.